The Morgan fingerprint density at radius 3 is 2.15 bits per heavy atom. The summed E-state index contributed by atoms with van der Waals surface area (Å²) >= 11 is 0. The SMILES string of the molecule is Cn1nccc1C(=O)N[C@H](C(=O)Nc1ccc(-c2cc[nH]c(=O)c2)c(F)c1)C(c1ccccc1)c1ccccc1. The lowest BCUT2D eigenvalue weighted by atomic mass is 9.84. The monoisotopic (exact) mass is 535 g/mol. The van der Waals surface area contributed by atoms with E-state index in [1.807, 2.05) is 60.7 Å². The van der Waals surface area contributed by atoms with Crippen LogP contribution < -0.4 is 16.2 Å². The molecule has 3 N–H and O–H groups in total. The van der Waals surface area contributed by atoms with Crippen molar-refractivity contribution in [1.29, 1.82) is 0 Å². The molecule has 0 fully saturated rings. The highest BCUT2D eigenvalue weighted by Crippen LogP contribution is 2.30. The standard InChI is InChI=1S/C31H26FN5O3/c1-37-26(15-17-34-37)30(39)36-29(28(20-8-4-2-5-9-20)21-10-6-3-7-11-21)31(40)35-23-12-13-24(25(32)19-23)22-14-16-33-27(38)18-22/h2-19,28-29H,1H3,(H,33,38)(H,35,40)(H,36,39)/t29-/m0/s1. The number of aryl methyl sites for hydroxylation is 1. The summed E-state index contributed by atoms with van der Waals surface area (Å²) in [5.41, 5.74) is 2.39. The van der Waals surface area contributed by atoms with Gasteiger partial charge in [-0.1, -0.05) is 60.7 Å². The fraction of sp³-hybridized carbons (Fsp3) is 0.0968. The Labute approximate surface area is 229 Å². The highest BCUT2D eigenvalue weighted by atomic mass is 19.1. The molecule has 9 heteroatoms. The maximum absolute atomic E-state index is 15.1. The van der Waals surface area contributed by atoms with Crippen LogP contribution in [-0.4, -0.2) is 32.6 Å². The number of nitrogens with zero attached hydrogens (tertiary/aromatic N) is 2. The second-order valence-corrected chi connectivity index (χ2v) is 9.22. The molecular formula is C31H26FN5O3. The minimum atomic E-state index is -1.07. The molecule has 1 atom stereocenters. The van der Waals surface area contributed by atoms with E-state index >= 15 is 4.39 Å². The topological polar surface area (TPSA) is 109 Å². The van der Waals surface area contributed by atoms with E-state index in [2.05, 4.69) is 20.7 Å². The number of carbonyl (C=O) groups is 2. The first kappa shape index (κ1) is 26.3. The van der Waals surface area contributed by atoms with Crippen LogP contribution in [0.2, 0.25) is 0 Å². The van der Waals surface area contributed by atoms with Gasteiger partial charge < -0.3 is 15.6 Å². The van der Waals surface area contributed by atoms with Crippen molar-refractivity contribution in [2.45, 2.75) is 12.0 Å². The number of hydrogen-bond acceptors (Lipinski definition) is 4. The molecule has 8 nitrogen and oxygen atoms in total. The number of nitrogens with one attached hydrogen (secondary N) is 3. The molecule has 0 saturated carbocycles. The Bertz CT molecular complexity index is 1660. The Kier molecular flexibility index (Phi) is 7.63. The summed E-state index contributed by atoms with van der Waals surface area (Å²) < 4.78 is 16.5. The average molecular weight is 536 g/mol. The van der Waals surface area contributed by atoms with Gasteiger partial charge in [-0.2, -0.15) is 5.10 Å². The molecule has 0 bridgehead atoms. The quantitative estimate of drug-likeness (QED) is 0.272. The van der Waals surface area contributed by atoms with Crippen molar-refractivity contribution in [3.63, 3.8) is 0 Å². The summed E-state index contributed by atoms with van der Waals surface area (Å²) in [6.45, 7) is 0. The predicted octanol–water partition coefficient (Wildman–Crippen LogP) is 4.48. The summed E-state index contributed by atoms with van der Waals surface area (Å²) in [6.07, 6.45) is 2.94. The van der Waals surface area contributed by atoms with Gasteiger partial charge in [0, 0.05) is 42.7 Å². The van der Waals surface area contributed by atoms with E-state index in [4.69, 9.17) is 0 Å². The van der Waals surface area contributed by atoms with Gasteiger partial charge in [-0.3, -0.25) is 19.1 Å². The molecule has 5 aromatic rings. The lowest BCUT2D eigenvalue weighted by Crippen LogP contribution is -2.48. The third kappa shape index (κ3) is 5.73. The Balaban J connectivity index is 1.51. The number of pyridine rings is 1. The number of H-pyrrole nitrogens is 1. The van der Waals surface area contributed by atoms with E-state index in [9.17, 15) is 14.4 Å². The molecule has 0 radical (unpaired) electrons. The first-order valence-corrected chi connectivity index (χ1v) is 12.6. The van der Waals surface area contributed by atoms with Gasteiger partial charge in [-0.15, -0.1) is 0 Å². The molecule has 2 heterocycles. The van der Waals surface area contributed by atoms with Gasteiger partial charge in [0.15, 0.2) is 0 Å². The number of rotatable bonds is 8. The minimum absolute atomic E-state index is 0.204. The Morgan fingerprint density at radius 1 is 0.900 bits per heavy atom. The molecule has 5 rings (SSSR count). The lowest BCUT2D eigenvalue weighted by Gasteiger charge is -2.28. The number of benzene rings is 3. The van der Waals surface area contributed by atoms with Gasteiger partial charge in [0.1, 0.15) is 17.6 Å². The van der Waals surface area contributed by atoms with Gasteiger partial charge in [0.25, 0.3) is 5.91 Å². The van der Waals surface area contributed by atoms with Crippen LogP contribution in [0.3, 0.4) is 0 Å². The highest BCUT2D eigenvalue weighted by Gasteiger charge is 2.33. The van der Waals surface area contributed by atoms with E-state index in [-0.39, 0.29) is 22.5 Å². The van der Waals surface area contributed by atoms with E-state index in [1.54, 1.807) is 25.2 Å². The molecule has 200 valence electrons. The lowest BCUT2D eigenvalue weighted by molar-refractivity contribution is -0.118. The number of halogens is 1. The van der Waals surface area contributed by atoms with E-state index in [1.165, 1.54) is 35.3 Å². The molecule has 40 heavy (non-hydrogen) atoms. The predicted molar refractivity (Wildman–Crippen MR) is 150 cm³/mol. The van der Waals surface area contributed by atoms with Crippen molar-refractivity contribution in [2.24, 2.45) is 7.05 Å². The van der Waals surface area contributed by atoms with Crippen molar-refractivity contribution in [1.82, 2.24) is 20.1 Å². The summed E-state index contributed by atoms with van der Waals surface area (Å²) in [5, 5.41) is 9.73. The van der Waals surface area contributed by atoms with Gasteiger partial charge >= 0.3 is 0 Å². The summed E-state index contributed by atoms with van der Waals surface area (Å²) in [5.74, 6) is -2.18. The second kappa shape index (κ2) is 11.6. The van der Waals surface area contributed by atoms with E-state index in [0.29, 0.717) is 5.56 Å². The fourth-order valence-corrected chi connectivity index (χ4v) is 4.67. The van der Waals surface area contributed by atoms with Crippen molar-refractivity contribution in [3.8, 4) is 11.1 Å². The Morgan fingerprint density at radius 2 is 1.57 bits per heavy atom. The van der Waals surface area contributed by atoms with Crippen LogP contribution in [0.15, 0.2) is 114 Å². The van der Waals surface area contributed by atoms with Gasteiger partial charge in [-0.25, -0.2) is 4.39 Å². The number of aromatic nitrogens is 3. The van der Waals surface area contributed by atoms with Gasteiger partial charge in [0.2, 0.25) is 11.5 Å². The normalized spacial score (nSPS) is 11.7. The molecule has 0 spiro atoms. The van der Waals surface area contributed by atoms with Crippen molar-refractivity contribution in [3.05, 3.63) is 142 Å². The molecule has 2 amide bonds. The zero-order valence-electron chi connectivity index (χ0n) is 21.5. The highest BCUT2D eigenvalue weighted by molar-refractivity contribution is 6.01. The third-order valence-corrected chi connectivity index (χ3v) is 6.60. The Hall–Kier alpha value is -5.31. The molecule has 0 aliphatic rings. The van der Waals surface area contributed by atoms with E-state index < -0.39 is 29.6 Å². The number of amides is 2. The van der Waals surface area contributed by atoms with Crippen LogP contribution in [0.5, 0.6) is 0 Å². The van der Waals surface area contributed by atoms with Crippen LogP contribution >= 0.6 is 0 Å². The van der Waals surface area contributed by atoms with Crippen LogP contribution in [0, 0.1) is 5.82 Å². The first-order chi connectivity index (χ1) is 19.4. The maximum atomic E-state index is 15.1. The van der Waals surface area contributed by atoms with Crippen LogP contribution in [-0.2, 0) is 11.8 Å². The molecule has 0 unspecified atom stereocenters. The van der Waals surface area contributed by atoms with Crippen LogP contribution in [0.25, 0.3) is 11.1 Å². The smallest absolute Gasteiger partial charge is 0.270 e. The van der Waals surface area contributed by atoms with Crippen molar-refractivity contribution in [2.75, 3.05) is 5.32 Å². The molecule has 2 aromatic heterocycles. The van der Waals surface area contributed by atoms with Crippen molar-refractivity contribution >= 4 is 17.5 Å². The molecular weight excluding hydrogens is 509 g/mol. The second-order valence-electron chi connectivity index (χ2n) is 9.22. The number of carbonyl (C=O) groups excluding carboxylic acids is 2. The van der Waals surface area contributed by atoms with E-state index in [0.717, 1.165) is 11.1 Å². The van der Waals surface area contributed by atoms with Crippen LogP contribution in [0.1, 0.15) is 27.5 Å². The average Bonchev–Trinajstić information content (AvgIpc) is 3.40. The maximum Gasteiger partial charge on any atom is 0.270 e. The number of anilines is 1. The van der Waals surface area contributed by atoms with Gasteiger partial charge in [-0.05, 0) is 47.0 Å². The zero-order valence-corrected chi connectivity index (χ0v) is 21.5. The summed E-state index contributed by atoms with van der Waals surface area (Å²) in [4.78, 5) is 41.4. The number of hydrogen-bond donors (Lipinski definition) is 3. The molecule has 0 aliphatic carbocycles. The summed E-state index contributed by atoms with van der Waals surface area (Å²) in [7, 11) is 1.64. The van der Waals surface area contributed by atoms with Crippen LogP contribution in [0.4, 0.5) is 10.1 Å². The first-order valence-electron chi connectivity index (χ1n) is 12.6. The van der Waals surface area contributed by atoms with Gasteiger partial charge in [0.05, 0.1) is 0 Å². The summed E-state index contributed by atoms with van der Waals surface area (Å²) in [6, 6.07) is 26.4. The molecule has 3 aromatic carbocycles. The molecule has 0 aliphatic heterocycles. The zero-order chi connectivity index (χ0) is 28.1. The number of aromatic amines is 1. The fourth-order valence-electron chi connectivity index (χ4n) is 4.67. The largest absolute Gasteiger partial charge is 0.338 e. The van der Waals surface area contributed by atoms with Crippen molar-refractivity contribution < 1.29 is 14.0 Å². The third-order valence-electron chi connectivity index (χ3n) is 6.60. The molecule has 0 saturated heterocycles. The minimum Gasteiger partial charge on any atom is -0.338 e.